The summed E-state index contributed by atoms with van der Waals surface area (Å²) in [6, 6.07) is 4.50. The van der Waals surface area contributed by atoms with Crippen molar-refractivity contribution < 1.29 is 23.0 Å². The monoisotopic (exact) mass is 374 g/mol. The zero-order valence-corrected chi connectivity index (χ0v) is 14.5. The number of nitrogens with one attached hydrogen (secondary N) is 1. The minimum atomic E-state index is -2.94. The summed E-state index contributed by atoms with van der Waals surface area (Å²) in [5, 5.41) is 2.78. The molecule has 3 rings (SSSR count). The van der Waals surface area contributed by atoms with Crippen molar-refractivity contribution in [2.45, 2.75) is 44.4 Å². The number of rotatable bonds is 5. The van der Waals surface area contributed by atoms with E-state index in [9.17, 15) is 13.6 Å². The van der Waals surface area contributed by atoms with Gasteiger partial charge >= 0.3 is 6.61 Å². The Balaban J connectivity index is 1.57. The number of carbonyl (C=O) groups is 1. The summed E-state index contributed by atoms with van der Waals surface area (Å²) < 4.78 is 34.6. The number of amides is 1. The zero-order chi connectivity index (χ0) is 17.8. The van der Waals surface area contributed by atoms with Crippen molar-refractivity contribution in [3.63, 3.8) is 0 Å². The van der Waals surface area contributed by atoms with Crippen LogP contribution in [0.1, 0.15) is 25.7 Å². The molecule has 5 nitrogen and oxygen atoms in total. The van der Waals surface area contributed by atoms with E-state index in [4.69, 9.17) is 16.3 Å². The van der Waals surface area contributed by atoms with Crippen LogP contribution in [0.2, 0.25) is 5.02 Å². The molecule has 1 aromatic rings. The molecule has 0 bridgehead atoms. The zero-order valence-electron chi connectivity index (χ0n) is 13.7. The first kappa shape index (κ1) is 18.4. The topological polar surface area (TPSA) is 50.8 Å². The highest BCUT2D eigenvalue weighted by atomic mass is 35.5. The maximum Gasteiger partial charge on any atom is 0.387 e. The molecule has 1 saturated carbocycles. The van der Waals surface area contributed by atoms with Crippen molar-refractivity contribution in [2.75, 3.05) is 25.0 Å². The largest absolute Gasteiger partial charge is 0.433 e. The van der Waals surface area contributed by atoms with Gasteiger partial charge in [0.05, 0.1) is 24.3 Å². The molecule has 2 atom stereocenters. The van der Waals surface area contributed by atoms with Crippen LogP contribution in [0, 0.1) is 0 Å². The van der Waals surface area contributed by atoms with Gasteiger partial charge in [0.25, 0.3) is 0 Å². The molecular formula is C17H21ClF2N2O3. The summed E-state index contributed by atoms with van der Waals surface area (Å²) in [6.45, 7) is -1.30. The lowest BCUT2D eigenvalue weighted by molar-refractivity contribution is -0.124. The molecule has 0 spiro atoms. The highest BCUT2D eigenvalue weighted by Gasteiger charge is 2.34. The van der Waals surface area contributed by atoms with E-state index in [-0.39, 0.29) is 29.3 Å². The van der Waals surface area contributed by atoms with Crippen LogP contribution in [0.3, 0.4) is 0 Å². The summed E-state index contributed by atoms with van der Waals surface area (Å²) >= 11 is 5.90. The second-order valence-electron chi connectivity index (χ2n) is 6.30. The lowest BCUT2D eigenvalue weighted by Crippen LogP contribution is -2.54. The lowest BCUT2D eigenvalue weighted by Gasteiger charge is -2.43. The first-order valence-electron chi connectivity index (χ1n) is 8.43. The van der Waals surface area contributed by atoms with Gasteiger partial charge in [0.1, 0.15) is 5.75 Å². The number of carbonyl (C=O) groups excluding carboxylic acids is 1. The van der Waals surface area contributed by atoms with Crippen LogP contribution in [0.25, 0.3) is 0 Å². The van der Waals surface area contributed by atoms with Crippen LogP contribution in [0.4, 0.5) is 14.5 Å². The quantitative estimate of drug-likeness (QED) is 0.856. The normalized spacial score (nSPS) is 24.0. The van der Waals surface area contributed by atoms with Crippen LogP contribution < -0.4 is 10.1 Å². The molecular weight excluding hydrogens is 354 g/mol. The van der Waals surface area contributed by atoms with Crippen LogP contribution in [-0.2, 0) is 9.53 Å². The van der Waals surface area contributed by atoms with Crippen molar-refractivity contribution >= 4 is 23.2 Å². The summed E-state index contributed by atoms with van der Waals surface area (Å²) in [5.41, 5.74) is 0.449. The van der Waals surface area contributed by atoms with E-state index in [0.717, 1.165) is 25.8 Å². The Labute approximate surface area is 150 Å². The molecule has 8 heteroatoms. The minimum absolute atomic E-state index is 0.0248. The number of benzene rings is 1. The van der Waals surface area contributed by atoms with Crippen LogP contribution in [-0.4, -0.2) is 49.3 Å². The fraction of sp³-hybridized carbons (Fsp3) is 0.588. The van der Waals surface area contributed by atoms with Crippen LogP contribution in [0.5, 0.6) is 5.75 Å². The van der Waals surface area contributed by atoms with Gasteiger partial charge in [-0.15, -0.1) is 0 Å². The molecule has 1 aromatic carbocycles. The smallest absolute Gasteiger partial charge is 0.387 e. The van der Waals surface area contributed by atoms with Gasteiger partial charge in [0.2, 0.25) is 5.91 Å². The number of fused-ring (bicyclic) bond motifs is 1. The van der Waals surface area contributed by atoms with Gasteiger partial charge in [-0.25, -0.2) is 0 Å². The third-order valence-electron chi connectivity index (χ3n) is 4.63. The van der Waals surface area contributed by atoms with Gasteiger partial charge in [0.15, 0.2) is 0 Å². The predicted molar refractivity (Wildman–Crippen MR) is 90.3 cm³/mol. The number of morpholine rings is 1. The molecule has 2 aliphatic rings. The van der Waals surface area contributed by atoms with E-state index < -0.39 is 6.61 Å². The molecule has 2 fully saturated rings. The SMILES string of the molecule is O=C(CN1CCOC2CCCCC21)Nc1ccc(OC(F)F)c(Cl)c1. The number of alkyl halides is 2. The number of anilines is 1. The molecule has 25 heavy (non-hydrogen) atoms. The highest BCUT2D eigenvalue weighted by Crippen LogP contribution is 2.30. The number of hydrogen-bond donors (Lipinski definition) is 1. The highest BCUT2D eigenvalue weighted by molar-refractivity contribution is 6.32. The fourth-order valence-electron chi connectivity index (χ4n) is 3.53. The number of halogens is 3. The Morgan fingerprint density at radius 1 is 1.40 bits per heavy atom. The van der Waals surface area contributed by atoms with E-state index in [1.807, 2.05) is 0 Å². The molecule has 1 N–H and O–H groups in total. The molecule has 1 saturated heterocycles. The van der Waals surface area contributed by atoms with Gasteiger partial charge in [-0.05, 0) is 31.0 Å². The van der Waals surface area contributed by atoms with E-state index in [0.29, 0.717) is 18.3 Å². The first-order valence-corrected chi connectivity index (χ1v) is 8.80. The molecule has 1 aliphatic carbocycles. The summed E-state index contributed by atoms with van der Waals surface area (Å²) in [4.78, 5) is 14.5. The van der Waals surface area contributed by atoms with Crippen LogP contribution >= 0.6 is 11.6 Å². The van der Waals surface area contributed by atoms with Gasteiger partial charge in [-0.3, -0.25) is 9.69 Å². The van der Waals surface area contributed by atoms with Crippen molar-refractivity contribution in [3.8, 4) is 5.75 Å². The van der Waals surface area contributed by atoms with Crippen molar-refractivity contribution in [1.29, 1.82) is 0 Å². The number of nitrogens with zero attached hydrogens (tertiary/aromatic N) is 1. The van der Waals surface area contributed by atoms with E-state index in [1.165, 1.54) is 24.6 Å². The molecule has 0 aromatic heterocycles. The van der Waals surface area contributed by atoms with E-state index >= 15 is 0 Å². The number of hydrogen-bond acceptors (Lipinski definition) is 4. The van der Waals surface area contributed by atoms with Gasteiger partial charge in [-0.1, -0.05) is 24.4 Å². The third kappa shape index (κ3) is 4.80. The number of ether oxygens (including phenoxy) is 2. The second-order valence-corrected chi connectivity index (χ2v) is 6.71. The van der Waals surface area contributed by atoms with Crippen molar-refractivity contribution in [1.82, 2.24) is 4.90 Å². The second kappa shape index (κ2) is 8.29. The van der Waals surface area contributed by atoms with E-state index in [1.54, 1.807) is 0 Å². The maximum atomic E-state index is 12.3. The van der Waals surface area contributed by atoms with E-state index in [2.05, 4.69) is 15.0 Å². The van der Waals surface area contributed by atoms with Crippen molar-refractivity contribution in [2.24, 2.45) is 0 Å². The van der Waals surface area contributed by atoms with Crippen molar-refractivity contribution in [3.05, 3.63) is 23.2 Å². The standard InChI is InChI=1S/C17H21ClF2N2O3/c18-12-9-11(5-6-14(12)25-17(19)20)21-16(23)10-22-7-8-24-15-4-2-1-3-13(15)22/h5-6,9,13,15,17H,1-4,7-8,10H2,(H,21,23). The summed E-state index contributed by atoms with van der Waals surface area (Å²) in [6.07, 6.45) is 4.64. The summed E-state index contributed by atoms with van der Waals surface area (Å²) in [5.74, 6) is -0.280. The Kier molecular flexibility index (Phi) is 6.09. The fourth-order valence-corrected chi connectivity index (χ4v) is 3.75. The molecule has 0 radical (unpaired) electrons. The molecule has 1 aliphatic heterocycles. The average Bonchev–Trinajstić information content (AvgIpc) is 2.57. The molecule has 1 heterocycles. The molecule has 138 valence electrons. The summed E-state index contributed by atoms with van der Waals surface area (Å²) in [7, 11) is 0. The van der Waals surface area contributed by atoms with Crippen LogP contribution in [0.15, 0.2) is 18.2 Å². The third-order valence-corrected chi connectivity index (χ3v) is 4.92. The maximum absolute atomic E-state index is 12.3. The van der Waals surface area contributed by atoms with Gasteiger partial charge < -0.3 is 14.8 Å². The lowest BCUT2D eigenvalue weighted by atomic mass is 9.90. The minimum Gasteiger partial charge on any atom is -0.433 e. The average molecular weight is 375 g/mol. The molecule has 1 amide bonds. The Morgan fingerprint density at radius 3 is 2.96 bits per heavy atom. The first-order chi connectivity index (χ1) is 12.0. The predicted octanol–water partition coefficient (Wildman–Crippen LogP) is 3.52. The molecule has 2 unspecified atom stereocenters. The Morgan fingerprint density at radius 2 is 2.20 bits per heavy atom. The van der Waals surface area contributed by atoms with Gasteiger partial charge in [0, 0.05) is 18.3 Å². The Hall–Kier alpha value is -1.44. The van der Waals surface area contributed by atoms with Gasteiger partial charge in [-0.2, -0.15) is 8.78 Å². The Bertz CT molecular complexity index is 616.